The molecule has 25 heavy (non-hydrogen) atoms. The molecular formula is C18H18FN3O3. The third kappa shape index (κ3) is 4.94. The molecule has 0 spiro atoms. The Morgan fingerprint density at radius 1 is 1.16 bits per heavy atom. The average Bonchev–Trinajstić information content (AvgIpc) is 2.59. The van der Waals surface area contributed by atoms with Gasteiger partial charge >= 0.3 is 6.03 Å². The smallest absolute Gasteiger partial charge is 0.319 e. The maximum atomic E-state index is 13.1. The van der Waals surface area contributed by atoms with E-state index < -0.39 is 0 Å². The number of urea groups is 1. The molecule has 1 fully saturated rings. The van der Waals surface area contributed by atoms with Crippen LogP contribution in [0, 0.1) is 5.82 Å². The van der Waals surface area contributed by atoms with Gasteiger partial charge in [0.25, 0.3) is 0 Å². The number of carbonyl (C=O) groups is 2. The first-order valence-corrected chi connectivity index (χ1v) is 7.96. The molecule has 0 radical (unpaired) electrons. The van der Waals surface area contributed by atoms with Crippen LogP contribution in [0.3, 0.4) is 0 Å². The van der Waals surface area contributed by atoms with Crippen molar-refractivity contribution in [3.05, 3.63) is 54.3 Å². The first kappa shape index (κ1) is 16.8. The highest BCUT2D eigenvalue weighted by atomic mass is 19.1. The van der Waals surface area contributed by atoms with Crippen LogP contribution < -0.4 is 20.7 Å². The van der Waals surface area contributed by atoms with Gasteiger partial charge in [-0.2, -0.15) is 0 Å². The van der Waals surface area contributed by atoms with Gasteiger partial charge in [-0.1, -0.05) is 6.07 Å². The van der Waals surface area contributed by atoms with Crippen LogP contribution in [-0.2, 0) is 4.79 Å². The molecule has 0 bridgehead atoms. The molecule has 0 unspecified atom stereocenters. The zero-order valence-electron chi connectivity index (χ0n) is 13.4. The standard InChI is InChI=1S/C18H18FN3O3/c19-12-2-1-3-16(10-12)25-15-7-4-13(5-8-15)21-18(24)22-14-6-9-17(23)20-11-14/h1-5,7-8,10,14H,6,9,11H2,(H,20,23)(H2,21,22,24)/t14-/m0/s1. The van der Waals surface area contributed by atoms with Crippen molar-refractivity contribution in [2.24, 2.45) is 0 Å². The van der Waals surface area contributed by atoms with E-state index in [0.717, 1.165) is 0 Å². The molecule has 0 aliphatic carbocycles. The Bertz CT molecular complexity index is 754. The molecule has 6 nitrogen and oxygen atoms in total. The fourth-order valence-electron chi connectivity index (χ4n) is 2.48. The van der Waals surface area contributed by atoms with Gasteiger partial charge in [-0.05, 0) is 42.8 Å². The summed E-state index contributed by atoms with van der Waals surface area (Å²) in [6.45, 7) is 0.437. The van der Waals surface area contributed by atoms with Crippen LogP contribution in [0.25, 0.3) is 0 Å². The minimum Gasteiger partial charge on any atom is -0.457 e. The molecular weight excluding hydrogens is 325 g/mol. The second kappa shape index (κ2) is 7.65. The van der Waals surface area contributed by atoms with Gasteiger partial charge in [-0.3, -0.25) is 4.79 Å². The predicted octanol–water partition coefficient (Wildman–Crippen LogP) is 3.02. The maximum Gasteiger partial charge on any atom is 0.319 e. The van der Waals surface area contributed by atoms with Crippen LogP contribution in [0.4, 0.5) is 14.9 Å². The number of halogens is 1. The van der Waals surface area contributed by atoms with Crippen molar-refractivity contribution in [3.8, 4) is 11.5 Å². The normalized spacial score (nSPS) is 16.7. The molecule has 1 aliphatic rings. The fraction of sp³-hybridized carbons (Fsp3) is 0.222. The van der Waals surface area contributed by atoms with E-state index in [1.165, 1.54) is 12.1 Å². The Balaban J connectivity index is 1.51. The Hall–Kier alpha value is -3.09. The van der Waals surface area contributed by atoms with E-state index in [0.29, 0.717) is 36.6 Å². The Labute approximate surface area is 144 Å². The van der Waals surface area contributed by atoms with E-state index in [1.54, 1.807) is 36.4 Å². The summed E-state index contributed by atoms with van der Waals surface area (Å²) in [5, 5.41) is 8.24. The molecule has 0 aromatic heterocycles. The lowest BCUT2D eigenvalue weighted by molar-refractivity contribution is -0.122. The van der Waals surface area contributed by atoms with Crippen molar-refractivity contribution in [2.45, 2.75) is 18.9 Å². The molecule has 3 N–H and O–H groups in total. The van der Waals surface area contributed by atoms with Gasteiger partial charge in [0.1, 0.15) is 17.3 Å². The molecule has 0 saturated carbocycles. The van der Waals surface area contributed by atoms with Crippen LogP contribution in [0.1, 0.15) is 12.8 Å². The average molecular weight is 343 g/mol. The van der Waals surface area contributed by atoms with Crippen molar-refractivity contribution >= 4 is 17.6 Å². The highest BCUT2D eigenvalue weighted by molar-refractivity contribution is 5.89. The van der Waals surface area contributed by atoms with E-state index in [2.05, 4.69) is 16.0 Å². The molecule has 2 aromatic rings. The van der Waals surface area contributed by atoms with E-state index in [4.69, 9.17) is 4.74 Å². The van der Waals surface area contributed by atoms with E-state index in [9.17, 15) is 14.0 Å². The van der Waals surface area contributed by atoms with Crippen LogP contribution in [0.5, 0.6) is 11.5 Å². The van der Waals surface area contributed by atoms with Crippen LogP contribution in [-0.4, -0.2) is 24.5 Å². The molecule has 1 atom stereocenters. The number of hydrogen-bond acceptors (Lipinski definition) is 3. The number of rotatable bonds is 4. The van der Waals surface area contributed by atoms with Gasteiger partial charge in [0.05, 0.1) is 0 Å². The van der Waals surface area contributed by atoms with Gasteiger partial charge in [0, 0.05) is 30.8 Å². The first-order valence-electron chi connectivity index (χ1n) is 7.96. The predicted molar refractivity (Wildman–Crippen MR) is 91.1 cm³/mol. The highest BCUT2D eigenvalue weighted by Crippen LogP contribution is 2.23. The summed E-state index contributed by atoms with van der Waals surface area (Å²) in [4.78, 5) is 23.1. The summed E-state index contributed by atoms with van der Waals surface area (Å²) in [5.74, 6) is 0.572. The van der Waals surface area contributed by atoms with Crippen molar-refractivity contribution in [1.29, 1.82) is 0 Å². The topological polar surface area (TPSA) is 79.5 Å². The van der Waals surface area contributed by atoms with Crippen molar-refractivity contribution in [3.63, 3.8) is 0 Å². The molecule has 2 aromatic carbocycles. The highest BCUT2D eigenvalue weighted by Gasteiger charge is 2.19. The summed E-state index contributed by atoms with van der Waals surface area (Å²) in [5.41, 5.74) is 0.601. The van der Waals surface area contributed by atoms with Gasteiger partial charge in [0.15, 0.2) is 0 Å². The molecule has 130 valence electrons. The third-order valence-electron chi connectivity index (χ3n) is 3.74. The third-order valence-corrected chi connectivity index (χ3v) is 3.74. The lowest BCUT2D eigenvalue weighted by Crippen LogP contribution is -2.48. The number of piperidine rings is 1. The SMILES string of the molecule is O=C1CC[C@H](NC(=O)Nc2ccc(Oc3cccc(F)c3)cc2)CN1. The molecule has 1 aliphatic heterocycles. The zero-order valence-corrected chi connectivity index (χ0v) is 13.4. The van der Waals surface area contributed by atoms with Crippen LogP contribution in [0.15, 0.2) is 48.5 Å². The van der Waals surface area contributed by atoms with Gasteiger partial charge < -0.3 is 20.7 Å². The molecule has 3 amide bonds. The lowest BCUT2D eigenvalue weighted by atomic mass is 10.1. The van der Waals surface area contributed by atoms with Crippen molar-refractivity contribution < 1.29 is 18.7 Å². The summed E-state index contributed by atoms with van der Waals surface area (Å²) in [7, 11) is 0. The summed E-state index contributed by atoms with van der Waals surface area (Å²) in [6.07, 6.45) is 1.04. The molecule has 7 heteroatoms. The van der Waals surface area contributed by atoms with E-state index in [1.807, 2.05) is 0 Å². The molecule has 1 saturated heterocycles. The number of carbonyl (C=O) groups excluding carboxylic acids is 2. The summed E-state index contributed by atoms with van der Waals surface area (Å²) < 4.78 is 18.7. The molecule has 1 heterocycles. The number of anilines is 1. The van der Waals surface area contributed by atoms with Crippen LogP contribution >= 0.6 is 0 Å². The fourth-order valence-corrected chi connectivity index (χ4v) is 2.48. The second-order valence-corrected chi connectivity index (χ2v) is 5.72. The van der Waals surface area contributed by atoms with E-state index in [-0.39, 0.29) is 23.8 Å². The minimum absolute atomic E-state index is 0.00680. The first-order chi connectivity index (χ1) is 12.1. The molecule has 3 rings (SSSR count). The van der Waals surface area contributed by atoms with Gasteiger partial charge in [-0.25, -0.2) is 9.18 Å². The Kier molecular flexibility index (Phi) is 5.13. The van der Waals surface area contributed by atoms with Gasteiger partial charge in [0.2, 0.25) is 5.91 Å². The number of amides is 3. The van der Waals surface area contributed by atoms with Crippen molar-refractivity contribution in [1.82, 2.24) is 10.6 Å². The quantitative estimate of drug-likeness (QED) is 0.798. The number of nitrogens with one attached hydrogen (secondary N) is 3. The lowest BCUT2D eigenvalue weighted by Gasteiger charge is -2.23. The van der Waals surface area contributed by atoms with Crippen molar-refractivity contribution in [2.75, 3.05) is 11.9 Å². The van der Waals surface area contributed by atoms with Crippen LogP contribution in [0.2, 0.25) is 0 Å². The van der Waals surface area contributed by atoms with Gasteiger partial charge in [-0.15, -0.1) is 0 Å². The second-order valence-electron chi connectivity index (χ2n) is 5.72. The summed E-state index contributed by atoms with van der Waals surface area (Å²) >= 11 is 0. The minimum atomic E-state index is -0.369. The largest absolute Gasteiger partial charge is 0.457 e. The number of benzene rings is 2. The Morgan fingerprint density at radius 2 is 1.96 bits per heavy atom. The monoisotopic (exact) mass is 343 g/mol. The number of ether oxygens (including phenoxy) is 1. The van der Waals surface area contributed by atoms with E-state index >= 15 is 0 Å². The number of hydrogen-bond donors (Lipinski definition) is 3. The summed E-state index contributed by atoms with van der Waals surface area (Å²) in [6, 6.07) is 12.2. The Morgan fingerprint density at radius 3 is 2.64 bits per heavy atom. The zero-order chi connectivity index (χ0) is 17.6. The maximum absolute atomic E-state index is 13.1.